The predicted octanol–water partition coefficient (Wildman–Crippen LogP) is 1.43. The van der Waals surface area contributed by atoms with E-state index in [1.807, 2.05) is 0 Å². The molecule has 0 aromatic carbocycles. The zero-order valence-electron chi connectivity index (χ0n) is 4.98. The van der Waals surface area contributed by atoms with Gasteiger partial charge in [0.25, 0.3) is 0 Å². The SMILES string of the molecule is COC1CC(C)C1. The van der Waals surface area contributed by atoms with Crippen molar-refractivity contribution in [2.75, 3.05) is 7.11 Å². The number of methoxy groups -OCH3 is 1. The molecule has 0 atom stereocenters. The highest BCUT2D eigenvalue weighted by Gasteiger charge is 2.24. The topological polar surface area (TPSA) is 9.23 Å². The van der Waals surface area contributed by atoms with E-state index in [1.165, 1.54) is 12.8 Å². The number of hydrogen-bond donors (Lipinski definition) is 0. The van der Waals surface area contributed by atoms with Crippen LogP contribution in [0, 0.1) is 5.92 Å². The molecule has 0 unspecified atom stereocenters. The molecule has 0 heterocycles. The maximum absolute atomic E-state index is 5.06. The van der Waals surface area contributed by atoms with Crippen LogP contribution < -0.4 is 0 Å². The van der Waals surface area contributed by atoms with Gasteiger partial charge < -0.3 is 4.74 Å². The third kappa shape index (κ3) is 0.942. The van der Waals surface area contributed by atoms with E-state index in [2.05, 4.69) is 6.92 Å². The van der Waals surface area contributed by atoms with Crippen molar-refractivity contribution in [2.24, 2.45) is 5.92 Å². The number of rotatable bonds is 1. The van der Waals surface area contributed by atoms with Crippen LogP contribution in [0.5, 0.6) is 0 Å². The summed E-state index contributed by atoms with van der Waals surface area (Å²) in [5.41, 5.74) is 0. The highest BCUT2D eigenvalue weighted by atomic mass is 16.5. The van der Waals surface area contributed by atoms with Crippen molar-refractivity contribution in [3.05, 3.63) is 0 Å². The van der Waals surface area contributed by atoms with E-state index in [0.29, 0.717) is 6.10 Å². The quantitative estimate of drug-likeness (QED) is 0.484. The van der Waals surface area contributed by atoms with Crippen LogP contribution in [-0.4, -0.2) is 13.2 Å². The first-order valence-electron chi connectivity index (χ1n) is 2.85. The van der Waals surface area contributed by atoms with Crippen LogP contribution in [-0.2, 0) is 4.74 Å². The van der Waals surface area contributed by atoms with Gasteiger partial charge >= 0.3 is 0 Å². The van der Waals surface area contributed by atoms with Crippen LogP contribution in [0.2, 0.25) is 0 Å². The summed E-state index contributed by atoms with van der Waals surface area (Å²) in [6.45, 7) is 2.26. The van der Waals surface area contributed by atoms with E-state index >= 15 is 0 Å². The van der Waals surface area contributed by atoms with Gasteiger partial charge in [0.15, 0.2) is 0 Å². The average Bonchev–Trinajstić information content (AvgIpc) is 1.58. The largest absolute Gasteiger partial charge is 0.381 e. The molecule has 1 saturated carbocycles. The first-order chi connectivity index (χ1) is 3.33. The van der Waals surface area contributed by atoms with Crippen LogP contribution in [0.3, 0.4) is 0 Å². The third-order valence-corrected chi connectivity index (χ3v) is 1.66. The lowest BCUT2D eigenvalue weighted by atomic mass is 9.84. The van der Waals surface area contributed by atoms with Gasteiger partial charge in [-0.15, -0.1) is 0 Å². The Morgan fingerprint density at radius 3 is 2.14 bits per heavy atom. The molecule has 0 bridgehead atoms. The van der Waals surface area contributed by atoms with E-state index in [-0.39, 0.29) is 0 Å². The van der Waals surface area contributed by atoms with Crippen molar-refractivity contribution in [3.63, 3.8) is 0 Å². The second kappa shape index (κ2) is 1.83. The second-order valence-corrected chi connectivity index (χ2v) is 2.43. The molecule has 0 saturated heterocycles. The maximum atomic E-state index is 5.06. The van der Waals surface area contributed by atoms with Gasteiger partial charge in [-0.25, -0.2) is 0 Å². The standard InChI is InChI=1S/C6H12O/c1-5-3-6(4-5)7-2/h5-6H,3-4H2,1-2H3. The molecule has 0 aromatic rings. The molecule has 1 rings (SSSR count). The van der Waals surface area contributed by atoms with Gasteiger partial charge in [0, 0.05) is 7.11 Å². The molecule has 1 fully saturated rings. The smallest absolute Gasteiger partial charge is 0.0576 e. The molecule has 0 radical (unpaired) electrons. The maximum Gasteiger partial charge on any atom is 0.0576 e. The molecule has 1 nitrogen and oxygen atoms in total. The van der Waals surface area contributed by atoms with Crippen molar-refractivity contribution in [3.8, 4) is 0 Å². The van der Waals surface area contributed by atoms with Gasteiger partial charge in [0.05, 0.1) is 6.10 Å². The Balaban J connectivity index is 2.06. The summed E-state index contributed by atoms with van der Waals surface area (Å²) < 4.78 is 5.06. The molecule has 0 N–H and O–H groups in total. The van der Waals surface area contributed by atoms with Crippen molar-refractivity contribution in [1.82, 2.24) is 0 Å². The summed E-state index contributed by atoms with van der Waals surface area (Å²) in [4.78, 5) is 0. The van der Waals surface area contributed by atoms with Gasteiger partial charge in [0.1, 0.15) is 0 Å². The molecule has 1 aliphatic carbocycles. The van der Waals surface area contributed by atoms with Crippen LogP contribution in [0.1, 0.15) is 19.8 Å². The second-order valence-electron chi connectivity index (χ2n) is 2.43. The van der Waals surface area contributed by atoms with Gasteiger partial charge in [0.2, 0.25) is 0 Å². The first-order valence-corrected chi connectivity index (χ1v) is 2.85. The minimum absolute atomic E-state index is 0.593. The van der Waals surface area contributed by atoms with Crippen molar-refractivity contribution >= 4 is 0 Å². The molecule has 1 aliphatic rings. The monoisotopic (exact) mass is 100 g/mol. The molecule has 0 amide bonds. The van der Waals surface area contributed by atoms with Gasteiger partial charge in [-0.05, 0) is 18.8 Å². The van der Waals surface area contributed by atoms with Crippen LogP contribution in [0.15, 0.2) is 0 Å². The molecular weight excluding hydrogens is 88.1 g/mol. The normalized spacial score (nSPS) is 40.3. The lowest BCUT2D eigenvalue weighted by molar-refractivity contribution is 0.00751. The summed E-state index contributed by atoms with van der Waals surface area (Å²) >= 11 is 0. The van der Waals surface area contributed by atoms with Gasteiger partial charge in [-0.1, -0.05) is 6.92 Å². The Kier molecular flexibility index (Phi) is 1.33. The lowest BCUT2D eigenvalue weighted by Crippen LogP contribution is -2.27. The summed E-state index contributed by atoms with van der Waals surface area (Å²) in [6, 6.07) is 0. The van der Waals surface area contributed by atoms with Crippen LogP contribution in [0.4, 0.5) is 0 Å². The highest BCUT2D eigenvalue weighted by molar-refractivity contribution is 4.75. The first kappa shape index (κ1) is 5.10. The average molecular weight is 100 g/mol. The van der Waals surface area contributed by atoms with E-state index in [4.69, 9.17) is 4.74 Å². The zero-order valence-corrected chi connectivity index (χ0v) is 4.98. The van der Waals surface area contributed by atoms with Crippen LogP contribution >= 0.6 is 0 Å². The summed E-state index contributed by atoms with van der Waals surface area (Å²) in [7, 11) is 1.79. The summed E-state index contributed by atoms with van der Waals surface area (Å²) in [5, 5.41) is 0. The molecule has 42 valence electrons. The van der Waals surface area contributed by atoms with Crippen LogP contribution in [0.25, 0.3) is 0 Å². The predicted molar refractivity (Wildman–Crippen MR) is 29.2 cm³/mol. The van der Waals surface area contributed by atoms with Gasteiger partial charge in [-0.2, -0.15) is 0 Å². The fraction of sp³-hybridized carbons (Fsp3) is 1.00. The molecule has 0 spiro atoms. The Hall–Kier alpha value is -0.0400. The van der Waals surface area contributed by atoms with E-state index in [0.717, 1.165) is 5.92 Å². The number of ether oxygens (including phenoxy) is 1. The van der Waals surface area contributed by atoms with E-state index < -0.39 is 0 Å². The minimum Gasteiger partial charge on any atom is -0.381 e. The molecular formula is C6H12O. The lowest BCUT2D eigenvalue weighted by Gasteiger charge is -2.30. The fourth-order valence-electron chi connectivity index (χ4n) is 1.02. The van der Waals surface area contributed by atoms with E-state index in [1.54, 1.807) is 7.11 Å². The Bertz CT molecular complexity index is 55.2. The third-order valence-electron chi connectivity index (χ3n) is 1.66. The Labute approximate surface area is 44.7 Å². The van der Waals surface area contributed by atoms with Crippen molar-refractivity contribution in [1.29, 1.82) is 0 Å². The Morgan fingerprint density at radius 1 is 1.43 bits per heavy atom. The van der Waals surface area contributed by atoms with Crippen molar-refractivity contribution < 1.29 is 4.74 Å². The highest BCUT2D eigenvalue weighted by Crippen LogP contribution is 2.28. The van der Waals surface area contributed by atoms with E-state index in [9.17, 15) is 0 Å². The minimum atomic E-state index is 0.593. The molecule has 1 heteroatoms. The molecule has 7 heavy (non-hydrogen) atoms. The molecule has 0 aromatic heterocycles. The fourth-order valence-corrected chi connectivity index (χ4v) is 1.02. The molecule has 0 aliphatic heterocycles. The zero-order chi connectivity index (χ0) is 5.28. The summed E-state index contributed by atoms with van der Waals surface area (Å²) in [6.07, 6.45) is 3.14. The van der Waals surface area contributed by atoms with Gasteiger partial charge in [-0.3, -0.25) is 0 Å². The Morgan fingerprint density at radius 2 is 2.00 bits per heavy atom. The van der Waals surface area contributed by atoms with Crippen molar-refractivity contribution in [2.45, 2.75) is 25.9 Å². The summed E-state index contributed by atoms with van der Waals surface area (Å²) in [5.74, 6) is 0.921. The number of hydrogen-bond acceptors (Lipinski definition) is 1.